The Balaban J connectivity index is 2.78. The van der Waals surface area contributed by atoms with Crippen LogP contribution in [0.2, 0.25) is 0 Å². The van der Waals surface area contributed by atoms with Gasteiger partial charge >= 0.3 is 0 Å². The summed E-state index contributed by atoms with van der Waals surface area (Å²) in [6.45, 7) is 3.22. The average molecular weight is 279 g/mol. The first-order valence-corrected chi connectivity index (χ1v) is 6.39. The number of rotatable bonds is 7. The van der Waals surface area contributed by atoms with E-state index in [0.717, 1.165) is 5.56 Å². The summed E-state index contributed by atoms with van der Waals surface area (Å²) in [5.41, 5.74) is 7.10. The number of amides is 1. The molecule has 20 heavy (non-hydrogen) atoms. The SMILES string of the molecule is COCCN(CCC(N)=NO)C(=O)c1cccc(C)c1. The number of hydrogen-bond donors (Lipinski definition) is 2. The Labute approximate surface area is 118 Å². The van der Waals surface area contributed by atoms with Gasteiger partial charge in [-0.3, -0.25) is 4.79 Å². The van der Waals surface area contributed by atoms with E-state index in [1.54, 1.807) is 18.1 Å². The predicted molar refractivity (Wildman–Crippen MR) is 77.0 cm³/mol. The summed E-state index contributed by atoms with van der Waals surface area (Å²) in [5.74, 6) is 0.0148. The van der Waals surface area contributed by atoms with E-state index in [9.17, 15) is 4.79 Å². The Kier molecular flexibility index (Phi) is 6.52. The molecule has 1 rings (SSSR count). The quantitative estimate of drug-likeness (QED) is 0.340. The second-order valence-electron chi connectivity index (χ2n) is 4.50. The van der Waals surface area contributed by atoms with Crippen molar-refractivity contribution in [3.8, 4) is 0 Å². The summed E-state index contributed by atoms with van der Waals surface area (Å²) in [6, 6.07) is 7.40. The largest absolute Gasteiger partial charge is 0.409 e. The third-order valence-corrected chi connectivity index (χ3v) is 2.88. The monoisotopic (exact) mass is 279 g/mol. The summed E-state index contributed by atoms with van der Waals surface area (Å²) < 4.78 is 5.01. The van der Waals surface area contributed by atoms with Gasteiger partial charge in [-0.2, -0.15) is 0 Å². The van der Waals surface area contributed by atoms with E-state index < -0.39 is 0 Å². The van der Waals surface area contributed by atoms with Crippen LogP contribution < -0.4 is 5.73 Å². The first-order valence-electron chi connectivity index (χ1n) is 6.39. The molecule has 0 aliphatic heterocycles. The van der Waals surface area contributed by atoms with Gasteiger partial charge in [0.1, 0.15) is 5.84 Å². The van der Waals surface area contributed by atoms with Crippen LogP contribution in [0, 0.1) is 6.92 Å². The van der Waals surface area contributed by atoms with Crippen LogP contribution in [0.3, 0.4) is 0 Å². The maximum atomic E-state index is 12.4. The first kappa shape index (κ1) is 16.0. The number of carbonyl (C=O) groups is 1. The van der Waals surface area contributed by atoms with E-state index in [0.29, 0.717) is 31.7 Å². The molecule has 0 saturated heterocycles. The van der Waals surface area contributed by atoms with Crippen molar-refractivity contribution in [3.63, 3.8) is 0 Å². The van der Waals surface area contributed by atoms with Crippen molar-refractivity contribution in [1.82, 2.24) is 4.90 Å². The maximum Gasteiger partial charge on any atom is 0.253 e. The number of ether oxygens (including phenoxy) is 1. The van der Waals surface area contributed by atoms with Crippen LogP contribution >= 0.6 is 0 Å². The Bertz CT molecular complexity index is 474. The second-order valence-corrected chi connectivity index (χ2v) is 4.50. The summed E-state index contributed by atoms with van der Waals surface area (Å²) in [4.78, 5) is 14.1. The number of benzene rings is 1. The van der Waals surface area contributed by atoms with Gasteiger partial charge < -0.3 is 20.6 Å². The predicted octanol–water partition coefficient (Wildman–Crippen LogP) is 1.22. The molecule has 1 aromatic carbocycles. The number of methoxy groups -OCH3 is 1. The third-order valence-electron chi connectivity index (χ3n) is 2.88. The van der Waals surface area contributed by atoms with Crippen molar-refractivity contribution in [3.05, 3.63) is 35.4 Å². The van der Waals surface area contributed by atoms with Crippen molar-refractivity contribution in [2.75, 3.05) is 26.8 Å². The average Bonchev–Trinajstić information content (AvgIpc) is 2.46. The molecule has 0 spiro atoms. The highest BCUT2D eigenvalue weighted by molar-refractivity contribution is 5.94. The van der Waals surface area contributed by atoms with Crippen molar-refractivity contribution in [2.24, 2.45) is 10.9 Å². The molecule has 0 bridgehead atoms. The fourth-order valence-electron chi connectivity index (χ4n) is 1.78. The molecule has 0 heterocycles. The molecular weight excluding hydrogens is 258 g/mol. The van der Waals surface area contributed by atoms with E-state index in [2.05, 4.69) is 5.16 Å². The highest BCUT2D eigenvalue weighted by Crippen LogP contribution is 2.08. The minimum Gasteiger partial charge on any atom is -0.409 e. The molecule has 0 aromatic heterocycles. The van der Waals surface area contributed by atoms with E-state index in [-0.39, 0.29) is 11.7 Å². The zero-order chi connectivity index (χ0) is 15.0. The molecule has 6 nitrogen and oxygen atoms in total. The number of nitrogens with two attached hydrogens (primary N) is 1. The van der Waals surface area contributed by atoms with Crippen LogP contribution in [0.5, 0.6) is 0 Å². The molecule has 110 valence electrons. The minimum atomic E-state index is -0.0866. The lowest BCUT2D eigenvalue weighted by molar-refractivity contribution is 0.0700. The number of oxime groups is 1. The molecule has 1 amide bonds. The Morgan fingerprint density at radius 2 is 2.20 bits per heavy atom. The second kappa shape index (κ2) is 8.16. The lowest BCUT2D eigenvalue weighted by Gasteiger charge is -2.22. The number of nitrogens with zero attached hydrogens (tertiary/aromatic N) is 2. The van der Waals surface area contributed by atoms with Crippen molar-refractivity contribution < 1.29 is 14.7 Å². The normalized spacial score (nSPS) is 11.4. The maximum absolute atomic E-state index is 12.4. The third kappa shape index (κ3) is 4.89. The fourth-order valence-corrected chi connectivity index (χ4v) is 1.78. The number of amidine groups is 1. The fraction of sp³-hybridized carbons (Fsp3) is 0.429. The standard InChI is InChI=1S/C14H21N3O3/c1-11-4-3-5-12(10-11)14(18)17(8-9-20-2)7-6-13(15)16-19/h3-5,10,19H,6-9H2,1-2H3,(H2,15,16). The first-order chi connectivity index (χ1) is 9.58. The summed E-state index contributed by atoms with van der Waals surface area (Å²) >= 11 is 0. The van der Waals surface area contributed by atoms with Gasteiger partial charge in [-0.25, -0.2) is 0 Å². The molecule has 0 saturated carbocycles. The molecule has 0 atom stereocenters. The molecule has 0 aliphatic rings. The summed E-state index contributed by atoms with van der Waals surface area (Å²) in [6.07, 6.45) is 0.317. The van der Waals surface area contributed by atoms with Gasteiger partial charge in [0.25, 0.3) is 5.91 Å². The highest BCUT2D eigenvalue weighted by Gasteiger charge is 2.15. The summed E-state index contributed by atoms with van der Waals surface area (Å²) in [5, 5.41) is 11.5. The molecule has 0 unspecified atom stereocenters. The number of carbonyl (C=O) groups excluding carboxylic acids is 1. The topological polar surface area (TPSA) is 88.2 Å². The Morgan fingerprint density at radius 3 is 2.80 bits per heavy atom. The smallest absolute Gasteiger partial charge is 0.253 e. The summed E-state index contributed by atoms with van der Waals surface area (Å²) in [7, 11) is 1.58. The molecule has 0 fully saturated rings. The highest BCUT2D eigenvalue weighted by atomic mass is 16.5. The van der Waals surface area contributed by atoms with E-state index >= 15 is 0 Å². The zero-order valence-electron chi connectivity index (χ0n) is 11.9. The molecule has 6 heteroatoms. The number of aryl methyl sites for hydroxylation is 1. The van der Waals surface area contributed by atoms with Crippen LogP contribution in [0.1, 0.15) is 22.3 Å². The molecular formula is C14H21N3O3. The van der Waals surface area contributed by atoms with Gasteiger partial charge in [0, 0.05) is 32.2 Å². The molecule has 0 aliphatic carbocycles. The number of hydrogen-bond acceptors (Lipinski definition) is 4. The van der Waals surface area contributed by atoms with Gasteiger partial charge in [-0.15, -0.1) is 0 Å². The zero-order valence-corrected chi connectivity index (χ0v) is 11.9. The van der Waals surface area contributed by atoms with Crippen LogP contribution in [0.15, 0.2) is 29.4 Å². The Morgan fingerprint density at radius 1 is 1.45 bits per heavy atom. The Hall–Kier alpha value is -2.08. The van der Waals surface area contributed by atoms with Crippen molar-refractivity contribution in [2.45, 2.75) is 13.3 Å². The van der Waals surface area contributed by atoms with Crippen LogP contribution in [0.4, 0.5) is 0 Å². The van der Waals surface area contributed by atoms with Gasteiger partial charge in [0.2, 0.25) is 0 Å². The lowest BCUT2D eigenvalue weighted by atomic mass is 10.1. The van der Waals surface area contributed by atoms with Crippen molar-refractivity contribution >= 4 is 11.7 Å². The lowest BCUT2D eigenvalue weighted by Crippen LogP contribution is -2.36. The molecule has 3 N–H and O–H groups in total. The molecule has 0 radical (unpaired) electrons. The van der Waals surface area contributed by atoms with Crippen molar-refractivity contribution in [1.29, 1.82) is 0 Å². The van der Waals surface area contributed by atoms with Gasteiger partial charge in [0.15, 0.2) is 0 Å². The van der Waals surface area contributed by atoms with Crippen LogP contribution in [0.25, 0.3) is 0 Å². The van der Waals surface area contributed by atoms with E-state index in [1.807, 2.05) is 25.1 Å². The minimum absolute atomic E-state index is 0.0866. The molecule has 1 aromatic rings. The van der Waals surface area contributed by atoms with Gasteiger partial charge in [-0.05, 0) is 19.1 Å². The van der Waals surface area contributed by atoms with Crippen LogP contribution in [-0.2, 0) is 4.74 Å². The van der Waals surface area contributed by atoms with Crippen LogP contribution in [-0.4, -0.2) is 48.7 Å². The van der Waals surface area contributed by atoms with E-state index in [1.165, 1.54) is 0 Å². The van der Waals surface area contributed by atoms with Gasteiger partial charge in [0.05, 0.1) is 6.61 Å². The van der Waals surface area contributed by atoms with Gasteiger partial charge in [-0.1, -0.05) is 22.9 Å². The van der Waals surface area contributed by atoms with E-state index in [4.69, 9.17) is 15.7 Å².